The van der Waals surface area contributed by atoms with Gasteiger partial charge in [0.15, 0.2) is 0 Å². The number of rotatable bonds is 9. The van der Waals surface area contributed by atoms with Crippen molar-refractivity contribution in [2.75, 3.05) is 33.0 Å². The molecule has 196 valence electrons. The summed E-state index contributed by atoms with van der Waals surface area (Å²) >= 11 is 0. The monoisotopic (exact) mass is 557 g/mol. The van der Waals surface area contributed by atoms with Gasteiger partial charge in [-0.2, -0.15) is 30.6 Å². The van der Waals surface area contributed by atoms with E-state index >= 15 is 0 Å². The van der Waals surface area contributed by atoms with Gasteiger partial charge in [-0.25, -0.2) is 25.3 Å². The van der Waals surface area contributed by atoms with Crippen molar-refractivity contribution in [2.24, 2.45) is 0 Å². The summed E-state index contributed by atoms with van der Waals surface area (Å²) in [6.07, 6.45) is -0.0375. The summed E-state index contributed by atoms with van der Waals surface area (Å²) in [5.74, 6) is -7.89. The molecule has 1 aliphatic heterocycles. The summed E-state index contributed by atoms with van der Waals surface area (Å²) in [4.78, 5) is 12.7. The van der Waals surface area contributed by atoms with Crippen LogP contribution in [0.25, 0.3) is 0 Å². The smallest absolute Gasteiger partial charge is 0.429 e. The van der Waals surface area contributed by atoms with Crippen molar-refractivity contribution < 1.29 is 61.1 Å². The van der Waals surface area contributed by atoms with Crippen molar-refractivity contribution in [3.05, 3.63) is 0 Å². The number of ether oxygens (including phenoxy) is 1. The number of hydrogen-bond donors (Lipinski definition) is 1. The number of nitrogens with one attached hydrogen (secondary N) is 1. The molecule has 0 bridgehead atoms. The molecule has 0 aromatic heterocycles. The molecule has 1 aliphatic rings. The van der Waals surface area contributed by atoms with Crippen LogP contribution in [0.4, 0.5) is 26.3 Å². The zero-order valence-corrected chi connectivity index (χ0v) is 19.9. The largest absolute Gasteiger partial charge is 0.468 e. The minimum absolute atomic E-state index is 0.0375. The fourth-order valence-corrected chi connectivity index (χ4v) is 7.09. The Morgan fingerprint density at radius 2 is 1.36 bits per heavy atom. The number of carbonyl (C=O) groups excluding carboxylic acids is 1. The number of nitrogens with zero attached hydrogens (tertiary/aromatic N) is 2. The first-order valence-corrected chi connectivity index (χ1v) is 13.5. The SMILES string of the molecule is COC(=O)CN1C(C)CN(S(=O)(=O)C(F)(F)C(F)(F)C(F)(F)S(=O)(=O)NS(C)(=O)=O)CC1C. The van der Waals surface area contributed by atoms with Gasteiger partial charge in [-0.05, 0) is 13.8 Å². The van der Waals surface area contributed by atoms with Gasteiger partial charge in [-0.3, -0.25) is 9.69 Å². The Morgan fingerprint density at radius 3 is 1.73 bits per heavy atom. The number of sulfonamides is 3. The summed E-state index contributed by atoms with van der Waals surface area (Å²) in [7, 11) is -17.8. The van der Waals surface area contributed by atoms with Gasteiger partial charge in [-0.15, -0.1) is 4.13 Å². The van der Waals surface area contributed by atoms with Gasteiger partial charge in [-0.1, -0.05) is 0 Å². The average Bonchev–Trinajstić information content (AvgIpc) is 2.61. The van der Waals surface area contributed by atoms with Crippen LogP contribution in [0.3, 0.4) is 0 Å². The van der Waals surface area contributed by atoms with Crippen LogP contribution in [0.1, 0.15) is 13.8 Å². The van der Waals surface area contributed by atoms with E-state index in [9.17, 15) is 56.4 Å². The fraction of sp³-hybridized carbons (Fsp3) is 0.923. The van der Waals surface area contributed by atoms with Crippen molar-refractivity contribution in [1.29, 1.82) is 0 Å². The third-order valence-corrected chi connectivity index (χ3v) is 9.50. The summed E-state index contributed by atoms with van der Waals surface area (Å²) < 4.78 is 159. The van der Waals surface area contributed by atoms with E-state index in [1.165, 1.54) is 18.7 Å². The van der Waals surface area contributed by atoms with E-state index in [2.05, 4.69) is 4.74 Å². The number of piperazine rings is 1. The van der Waals surface area contributed by atoms with Crippen LogP contribution in [0.15, 0.2) is 0 Å². The predicted octanol–water partition coefficient (Wildman–Crippen LogP) is -0.416. The van der Waals surface area contributed by atoms with E-state index in [1.54, 1.807) is 0 Å². The molecule has 1 heterocycles. The van der Waals surface area contributed by atoms with Gasteiger partial charge < -0.3 is 4.74 Å². The highest BCUT2D eigenvalue weighted by Gasteiger charge is 2.83. The maximum absolute atomic E-state index is 14.4. The highest BCUT2D eigenvalue weighted by molar-refractivity contribution is 8.05. The molecule has 1 rings (SSSR count). The predicted molar refractivity (Wildman–Crippen MR) is 99.9 cm³/mol. The first kappa shape index (κ1) is 29.8. The highest BCUT2D eigenvalue weighted by Crippen LogP contribution is 2.51. The number of esters is 1. The lowest BCUT2D eigenvalue weighted by Crippen LogP contribution is -2.67. The molecule has 2 atom stereocenters. The van der Waals surface area contributed by atoms with E-state index in [0.717, 1.165) is 7.11 Å². The Kier molecular flexibility index (Phi) is 8.22. The van der Waals surface area contributed by atoms with Crippen LogP contribution >= 0.6 is 0 Å². The first-order valence-electron chi connectivity index (χ1n) is 8.65. The van der Waals surface area contributed by atoms with Gasteiger partial charge in [0.2, 0.25) is 10.0 Å². The highest BCUT2D eigenvalue weighted by atomic mass is 32.3. The number of alkyl halides is 6. The second-order valence-electron chi connectivity index (χ2n) is 7.24. The topological polar surface area (TPSA) is 147 Å². The van der Waals surface area contributed by atoms with Crippen LogP contribution in [0, 0.1) is 0 Å². The van der Waals surface area contributed by atoms with Gasteiger partial charge in [0.25, 0.3) is 20.0 Å². The number of halogens is 6. The van der Waals surface area contributed by atoms with Crippen molar-refractivity contribution in [2.45, 2.75) is 42.4 Å². The molecule has 20 heteroatoms. The van der Waals surface area contributed by atoms with Crippen molar-refractivity contribution in [1.82, 2.24) is 13.3 Å². The van der Waals surface area contributed by atoms with E-state index < -0.39 is 84.2 Å². The zero-order valence-electron chi connectivity index (χ0n) is 17.4. The summed E-state index contributed by atoms with van der Waals surface area (Å²) in [6, 6.07) is -2.11. The molecule has 0 saturated carbocycles. The Labute approximate surface area is 186 Å². The summed E-state index contributed by atoms with van der Waals surface area (Å²) in [5.41, 5.74) is 0. The fourth-order valence-electron chi connectivity index (χ4n) is 2.94. The van der Waals surface area contributed by atoms with Gasteiger partial charge >= 0.3 is 22.4 Å². The molecule has 0 spiro atoms. The van der Waals surface area contributed by atoms with Crippen LogP contribution in [0.2, 0.25) is 0 Å². The lowest BCUT2D eigenvalue weighted by molar-refractivity contribution is -0.245. The molecule has 2 unspecified atom stereocenters. The van der Waals surface area contributed by atoms with Crippen molar-refractivity contribution in [3.63, 3.8) is 0 Å². The Balaban J connectivity index is 3.39. The minimum Gasteiger partial charge on any atom is -0.468 e. The van der Waals surface area contributed by atoms with Crippen LogP contribution in [-0.4, -0.2) is 102 Å². The lowest BCUT2D eigenvalue weighted by atomic mass is 10.1. The van der Waals surface area contributed by atoms with E-state index in [4.69, 9.17) is 0 Å². The Morgan fingerprint density at radius 1 is 0.939 bits per heavy atom. The second-order valence-corrected chi connectivity index (χ2v) is 12.9. The normalized spacial score (nSPS) is 22.8. The molecule has 0 aromatic rings. The molecule has 0 radical (unpaired) electrons. The standard InChI is InChI=1S/C13H21F6N3O8S3/c1-8-5-21(6-9(2)22(8)7-10(23)30-3)33(28,29)13(18,19)11(14,15)12(16,17)32(26,27)20-31(4,24)25/h8-9,20H,5-7H2,1-4H3. The van der Waals surface area contributed by atoms with Gasteiger partial charge in [0.05, 0.1) is 19.9 Å². The Bertz CT molecular complexity index is 1070. The molecule has 1 fully saturated rings. The molecular formula is C13H21F6N3O8S3. The number of hydrogen-bond acceptors (Lipinski definition) is 9. The van der Waals surface area contributed by atoms with Crippen molar-refractivity contribution >= 4 is 36.0 Å². The third kappa shape index (κ3) is 5.39. The lowest BCUT2D eigenvalue weighted by Gasteiger charge is -2.44. The summed E-state index contributed by atoms with van der Waals surface area (Å²) in [5, 5.41) is -13.6. The molecule has 0 amide bonds. The van der Waals surface area contributed by atoms with Crippen LogP contribution in [0.5, 0.6) is 0 Å². The van der Waals surface area contributed by atoms with Gasteiger partial charge in [0, 0.05) is 25.2 Å². The van der Waals surface area contributed by atoms with Gasteiger partial charge in [0.1, 0.15) is 0 Å². The maximum atomic E-state index is 14.4. The van der Waals surface area contributed by atoms with Crippen molar-refractivity contribution in [3.8, 4) is 0 Å². The summed E-state index contributed by atoms with van der Waals surface area (Å²) in [6.45, 7) is 0.135. The minimum atomic E-state index is -7.11. The molecule has 1 saturated heterocycles. The number of methoxy groups -OCH3 is 1. The van der Waals surface area contributed by atoms with E-state index in [0.29, 0.717) is 0 Å². The molecule has 0 aromatic carbocycles. The third-order valence-electron chi connectivity index (χ3n) is 4.60. The maximum Gasteiger partial charge on any atom is 0.429 e. The molecule has 11 nitrogen and oxygen atoms in total. The van der Waals surface area contributed by atoms with E-state index in [1.807, 2.05) is 0 Å². The molecular weight excluding hydrogens is 536 g/mol. The zero-order chi connectivity index (χ0) is 26.4. The van der Waals surface area contributed by atoms with Crippen LogP contribution < -0.4 is 4.13 Å². The number of carbonyl (C=O) groups is 1. The van der Waals surface area contributed by atoms with E-state index in [-0.39, 0.29) is 14.7 Å². The second kappa shape index (κ2) is 9.10. The Hall–Kier alpha value is -1.22. The molecule has 1 N–H and O–H groups in total. The van der Waals surface area contributed by atoms with Crippen LogP contribution in [-0.2, 0) is 39.6 Å². The molecule has 33 heavy (non-hydrogen) atoms. The molecule has 0 aliphatic carbocycles. The average molecular weight is 558 g/mol. The first-order chi connectivity index (χ1) is 14.5. The quantitative estimate of drug-likeness (QED) is 0.295.